The molecule has 15 heteroatoms. The number of esters is 1. The van der Waals surface area contributed by atoms with E-state index in [0.29, 0.717) is 53.8 Å². The Morgan fingerprint density at radius 2 is 1.55 bits per heavy atom. The predicted molar refractivity (Wildman–Crippen MR) is 272 cm³/mol. The highest BCUT2D eigenvalue weighted by atomic mass is 28.3. The van der Waals surface area contributed by atoms with Crippen molar-refractivity contribution in [2.75, 3.05) is 52.0 Å². The van der Waals surface area contributed by atoms with Crippen LogP contribution in [0.2, 0.25) is 25.7 Å². The van der Waals surface area contributed by atoms with Crippen LogP contribution in [-0.2, 0) is 49.5 Å². The molecular formula is C56H64N4O10Si. The van der Waals surface area contributed by atoms with E-state index in [1.54, 1.807) is 14.2 Å². The number of carbonyl (C=O) groups excluding carboxylic acids is 4. The molecule has 5 aliphatic rings. The van der Waals surface area contributed by atoms with E-state index in [4.69, 9.17) is 23.7 Å². The molecule has 2 bridgehead atoms. The van der Waals surface area contributed by atoms with Gasteiger partial charge in [0.25, 0.3) is 0 Å². The first-order valence-corrected chi connectivity index (χ1v) is 28.6. The second kappa shape index (κ2) is 18.6. The lowest BCUT2D eigenvalue weighted by Gasteiger charge is -2.58. The fourth-order valence-electron chi connectivity index (χ4n) is 12.5. The van der Waals surface area contributed by atoms with Crippen molar-refractivity contribution >= 4 is 54.5 Å². The highest BCUT2D eigenvalue weighted by Gasteiger charge is 2.71. The molecule has 14 nitrogen and oxygen atoms in total. The molecule has 71 heavy (non-hydrogen) atoms. The second-order valence-electron chi connectivity index (χ2n) is 20.9. The van der Waals surface area contributed by atoms with E-state index in [-0.39, 0.29) is 75.8 Å². The van der Waals surface area contributed by atoms with Gasteiger partial charge in [0.2, 0.25) is 5.91 Å². The van der Waals surface area contributed by atoms with Crippen molar-refractivity contribution in [3.8, 4) is 17.2 Å². The molecule has 1 spiro atoms. The number of nitrogens with zero attached hydrogens (tertiary/aromatic N) is 4. The van der Waals surface area contributed by atoms with Crippen molar-refractivity contribution in [3.63, 3.8) is 0 Å². The van der Waals surface area contributed by atoms with E-state index < -0.39 is 30.7 Å². The largest absolute Gasteiger partial charge is 0.492 e. The van der Waals surface area contributed by atoms with Crippen molar-refractivity contribution < 1.29 is 48.0 Å². The molecule has 4 atom stereocenters. The van der Waals surface area contributed by atoms with E-state index in [2.05, 4.69) is 47.3 Å². The molecule has 0 unspecified atom stereocenters. The van der Waals surface area contributed by atoms with Gasteiger partial charge in [-0.2, -0.15) is 0 Å². The molecule has 1 aliphatic carbocycles. The Kier molecular flexibility index (Phi) is 12.7. The van der Waals surface area contributed by atoms with Crippen LogP contribution >= 0.6 is 0 Å². The Bertz CT molecular complexity index is 2930. The molecule has 0 radical (unpaired) electrons. The maximum Gasteiger partial charge on any atom is 0.412 e. The van der Waals surface area contributed by atoms with E-state index in [1.807, 2.05) is 85.9 Å². The number of aliphatic hydroxyl groups excluding tert-OH is 1. The fraction of sp³-hybridized carbons (Fsp3) is 0.429. The maximum atomic E-state index is 16.6. The Morgan fingerprint density at radius 1 is 0.831 bits per heavy atom. The van der Waals surface area contributed by atoms with Gasteiger partial charge >= 0.3 is 12.1 Å². The van der Waals surface area contributed by atoms with Crippen LogP contribution in [0.4, 0.5) is 10.5 Å². The number of amides is 2. The van der Waals surface area contributed by atoms with E-state index >= 15 is 4.79 Å². The number of Topliss-reactive ketones (excluding diaryl/α,β-unsaturated/α-hetero) is 1. The number of aryl methyl sites for hydroxylation is 1. The van der Waals surface area contributed by atoms with Gasteiger partial charge in [-0.25, -0.2) is 4.79 Å². The first-order valence-electron chi connectivity index (χ1n) is 24.9. The average molecular weight is 981 g/mol. The molecular weight excluding hydrogens is 917 g/mol. The molecule has 5 heterocycles. The summed E-state index contributed by atoms with van der Waals surface area (Å²) in [6.07, 6.45) is 5.39. The van der Waals surface area contributed by atoms with Crippen LogP contribution in [-0.4, -0.2) is 104 Å². The molecule has 2 amide bonds. The van der Waals surface area contributed by atoms with Crippen LogP contribution in [0.3, 0.4) is 0 Å². The van der Waals surface area contributed by atoms with Crippen molar-refractivity contribution in [2.45, 2.75) is 94.5 Å². The quantitative estimate of drug-likeness (QED) is 0.0792. The van der Waals surface area contributed by atoms with E-state index in [9.17, 15) is 19.5 Å². The summed E-state index contributed by atoms with van der Waals surface area (Å²) in [6.45, 7) is 8.38. The lowest BCUT2D eigenvalue weighted by atomic mass is 9.59. The minimum Gasteiger partial charge on any atom is -0.492 e. The molecule has 0 saturated carbocycles. The summed E-state index contributed by atoms with van der Waals surface area (Å²) in [4.78, 5) is 65.2. The average Bonchev–Trinajstić information content (AvgIpc) is 3.85. The lowest BCUT2D eigenvalue weighted by Crippen LogP contribution is -2.75. The Hall–Kier alpha value is -6.42. The number of rotatable bonds is 15. The van der Waals surface area contributed by atoms with Gasteiger partial charge in [-0.15, -0.1) is 0 Å². The van der Waals surface area contributed by atoms with E-state index in [0.717, 1.165) is 52.2 Å². The molecule has 3 saturated heterocycles. The Labute approximate surface area is 416 Å². The van der Waals surface area contributed by atoms with Gasteiger partial charge in [0.1, 0.15) is 19.0 Å². The summed E-state index contributed by atoms with van der Waals surface area (Å²) < 4.78 is 33.7. The number of piperidine rings is 2. The molecule has 10 rings (SSSR count). The minimum absolute atomic E-state index is 0.000202. The predicted octanol–water partition coefficient (Wildman–Crippen LogP) is 8.92. The normalized spacial score (nSPS) is 23.5. The number of para-hydroxylation sites is 1. The number of ether oxygens (including phenoxy) is 5. The second-order valence-corrected chi connectivity index (χ2v) is 26.6. The summed E-state index contributed by atoms with van der Waals surface area (Å²) in [6, 6.07) is 27.2. The number of fused-ring (bicyclic) bond motifs is 9. The first kappa shape index (κ1) is 48.2. The zero-order chi connectivity index (χ0) is 49.9. The third-order valence-electron chi connectivity index (χ3n) is 15.7. The van der Waals surface area contributed by atoms with Crippen molar-refractivity contribution in [3.05, 3.63) is 125 Å². The number of methoxy groups -OCH3 is 2. The molecule has 1 N–H and O–H groups in total. The van der Waals surface area contributed by atoms with Crippen LogP contribution < -0.4 is 19.1 Å². The Morgan fingerprint density at radius 3 is 2.24 bits per heavy atom. The third kappa shape index (κ3) is 7.82. The monoisotopic (exact) mass is 980 g/mol. The minimum atomic E-state index is -1.79. The van der Waals surface area contributed by atoms with Gasteiger partial charge in [-0.05, 0) is 66.8 Å². The SMILES string of the molecule is COc1c([C@@]23CCN(C(=O)OCc4ccccc4)[C@]4(CCC(=O)N4c4c(OCc5ccccc5)cccc42)C3=O)cc2c3c(n(C)c2c1OC)C=C[C@@]1(CC(=O)OCC[Si](C)(C)C)CCCN(CCO)[C@@H]31. The third-order valence-corrected chi connectivity index (χ3v) is 17.4. The number of anilines is 1. The highest BCUT2D eigenvalue weighted by Crippen LogP contribution is 2.64. The lowest BCUT2D eigenvalue weighted by molar-refractivity contribution is -0.147. The molecule has 3 fully saturated rings. The number of hydrogen-bond donors (Lipinski definition) is 1. The topological polar surface area (TPSA) is 149 Å². The molecule has 4 aromatic carbocycles. The van der Waals surface area contributed by atoms with Gasteiger partial charge in [0, 0.05) is 74.7 Å². The van der Waals surface area contributed by atoms with Crippen LogP contribution in [0.25, 0.3) is 17.0 Å². The summed E-state index contributed by atoms with van der Waals surface area (Å²) in [5.41, 5.74) is 1.79. The van der Waals surface area contributed by atoms with Gasteiger partial charge in [0.15, 0.2) is 22.9 Å². The number of β-amino-alcohol motifs (C(OH)–C–C–N with tert-alkyl or cyclic N) is 1. The number of aromatic nitrogens is 1. The zero-order valence-electron chi connectivity index (χ0n) is 41.6. The van der Waals surface area contributed by atoms with E-state index in [1.165, 1.54) is 9.80 Å². The molecule has 372 valence electrons. The van der Waals surface area contributed by atoms with Crippen molar-refractivity contribution in [1.29, 1.82) is 0 Å². The smallest absolute Gasteiger partial charge is 0.412 e. The first-order chi connectivity index (χ1) is 34.2. The van der Waals surface area contributed by atoms with Crippen molar-refractivity contribution in [1.82, 2.24) is 14.4 Å². The van der Waals surface area contributed by atoms with Crippen LogP contribution in [0, 0.1) is 5.41 Å². The maximum absolute atomic E-state index is 16.6. The number of ketones is 1. The molecule has 4 aliphatic heterocycles. The summed E-state index contributed by atoms with van der Waals surface area (Å²) in [7, 11) is 3.68. The van der Waals surface area contributed by atoms with Gasteiger partial charge in [-0.3, -0.25) is 29.1 Å². The standard InChI is InChI=1S/C56H64N4O10Si/c1-57-42-21-24-54(34-45(63)68-31-32-71(4,5)6)23-14-27-58(29-30-61)51(54)46(42)39-33-41(49(66-2)50(67-3)47(39)57)55-26-28-59(53(65)70-36-38-17-11-8-12-18-38)56(52(55)64)25-22-44(62)60(56)48-40(55)19-13-20-43(48)69-35-37-15-9-7-10-16-37/h7-13,15-21,24,33,51,61H,14,22-23,25-32,34-36H2,1-6H3/t51-,54+,55+,56-/m0/s1. The van der Waals surface area contributed by atoms with Gasteiger partial charge < -0.3 is 33.4 Å². The van der Waals surface area contributed by atoms with Crippen molar-refractivity contribution in [2.24, 2.45) is 12.5 Å². The number of benzene rings is 4. The summed E-state index contributed by atoms with van der Waals surface area (Å²) >= 11 is 0. The molecule has 5 aromatic rings. The van der Waals surface area contributed by atoms with Crippen LogP contribution in [0.5, 0.6) is 17.2 Å². The summed E-state index contributed by atoms with van der Waals surface area (Å²) in [5, 5.41) is 11.4. The number of hydrogen-bond acceptors (Lipinski definition) is 11. The highest BCUT2D eigenvalue weighted by molar-refractivity contribution is 6.76. The fourth-order valence-corrected chi connectivity index (χ4v) is 13.2. The van der Waals surface area contributed by atoms with Gasteiger partial charge in [-0.1, -0.05) is 98.5 Å². The number of likely N-dealkylation sites (tertiary alicyclic amines) is 2. The Balaban J connectivity index is 1.19. The van der Waals surface area contributed by atoms with Crippen LogP contribution in [0.15, 0.2) is 91.0 Å². The van der Waals surface area contributed by atoms with Gasteiger partial charge in [0.05, 0.1) is 50.5 Å². The summed E-state index contributed by atoms with van der Waals surface area (Å²) in [5.74, 6) is 0.224. The number of carbonyl (C=O) groups is 4. The van der Waals surface area contributed by atoms with Crippen LogP contribution in [0.1, 0.15) is 78.1 Å². The molecule has 1 aromatic heterocycles. The number of aliphatic hydroxyl groups is 1. The zero-order valence-corrected chi connectivity index (χ0v) is 42.6.